The summed E-state index contributed by atoms with van der Waals surface area (Å²) >= 11 is 0. The maximum atomic E-state index is 11.4. The predicted octanol–water partition coefficient (Wildman–Crippen LogP) is 0.559. The van der Waals surface area contributed by atoms with Crippen LogP contribution in [0.15, 0.2) is 24.5 Å². The second-order valence-electron chi connectivity index (χ2n) is 4.29. The fourth-order valence-corrected chi connectivity index (χ4v) is 4.23. The molecule has 0 aliphatic carbocycles. The molecule has 0 spiro atoms. The normalized spacial score (nSPS) is 25.4. The van der Waals surface area contributed by atoms with Crippen molar-refractivity contribution in [2.45, 2.75) is 12.3 Å². The van der Waals surface area contributed by atoms with Gasteiger partial charge in [-0.2, -0.15) is 0 Å². The first kappa shape index (κ1) is 11.5. The van der Waals surface area contributed by atoms with Crippen LogP contribution in [0, 0.1) is 5.92 Å². The molecule has 1 aliphatic heterocycles. The minimum atomic E-state index is -2.83. The summed E-state index contributed by atoms with van der Waals surface area (Å²) in [5.41, 5.74) is 6.85. The number of rotatable bonds is 3. The van der Waals surface area contributed by atoms with E-state index in [0.717, 1.165) is 12.0 Å². The molecule has 4 nitrogen and oxygen atoms in total. The van der Waals surface area contributed by atoms with Gasteiger partial charge in [0.1, 0.15) is 0 Å². The van der Waals surface area contributed by atoms with E-state index in [2.05, 4.69) is 4.98 Å². The number of nitrogens with two attached hydrogens (primary N) is 1. The summed E-state index contributed by atoms with van der Waals surface area (Å²) in [7, 11) is -2.83. The molecular formula is C11H16N2O2S. The quantitative estimate of drug-likeness (QED) is 0.837. The topological polar surface area (TPSA) is 73.0 Å². The first-order valence-electron chi connectivity index (χ1n) is 5.43. The van der Waals surface area contributed by atoms with E-state index in [-0.39, 0.29) is 17.6 Å². The van der Waals surface area contributed by atoms with Crippen molar-refractivity contribution < 1.29 is 8.42 Å². The Morgan fingerprint density at radius 1 is 1.44 bits per heavy atom. The van der Waals surface area contributed by atoms with Gasteiger partial charge in [0, 0.05) is 18.3 Å². The Labute approximate surface area is 95.8 Å². The van der Waals surface area contributed by atoms with Gasteiger partial charge in [0.25, 0.3) is 0 Å². The van der Waals surface area contributed by atoms with Crippen molar-refractivity contribution in [1.82, 2.24) is 4.98 Å². The predicted molar refractivity (Wildman–Crippen MR) is 62.8 cm³/mol. The van der Waals surface area contributed by atoms with Gasteiger partial charge in [-0.1, -0.05) is 0 Å². The summed E-state index contributed by atoms with van der Waals surface area (Å²) in [4.78, 5) is 3.96. The van der Waals surface area contributed by atoms with Crippen molar-refractivity contribution in [2.75, 3.05) is 18.1 Å². The Morgan fingerprint density at radius 3 is 2.62 bits per heavy atom. The molecule has 1 aromatic heterocycles. The number of hydrogen-bond acceptors (Lipinski definition) is 4. The molecule has 0 saturated carbocycles. The van der Waals surface area contributed by atoms with Crippen molar-refractivity contribution in [2.24, 2.45) is 11.7 Å². The zero-order valence-electron chi connectivity index (χ0n) is 9.04. The lowest BCUT2D eigenvalue weighted by molar-refractivity contribution is 0.474. The smallest absolute Gasteiger partial charge is 0.150 e. The van der Waals surface area contributed by atoms with Crippen LogP contribution in [0.25, 0.3) is 0 Å². The third-order valence-corrected chi connectivity index (χ3v) is 5.02. The van der Waals surface area contributed by atoms with Gasteiger partial charge in [0.15, 0.2) is 9.84 Å². The molecule has 88 valence electrons. The fraction of sp³-hybridized carbons (Fsp3) is 0.545. The molecule has 2 atom stereocenters. The zero-order chi connectivity index (χ0) is 11.6. The Kier molecular flexibility index (Phi) is 3.25. The number of pyridine rings is 1. The Bertz CT molecular complexity index is 444. The fourth-order valence-electron chi connectivity index (χ4n) is 2.35. The first-order valence-corrected chi connectivity index (χ1v) is 7.25. The first-order chi connectivity index (χ1) is 7.62. The minimum Gasteiger partial charge on any atom is -0.330 e. The molecule has 2 N–H and O–H groups in total. The lowest BCUT2D eigenvalue weighted by atomic mass is 9.86. The molecule has 0 amide bonds. The van der Waals surface area contributed by atoms with Gasteiger partial charge >= 0.3 is 0 Å². The van der Waals surface area contributed by atoms with E-state index in [1.165, 1.54) is 0 Å². The molecular weight excluding hydrogens is 224 g/mol. The second-order valence-corrected chi connectivity index (χ2v) is 6.51. The van der Waals surface area contributed by atoms with Gasteiger partial charge in [0.05, 0.1) is 11.5 Å². The van der Waals surface area contributed by atoms with E-state index in [4.69, 9.17) is 5.73 Å². The number of aromatic nitrogens is 1. The van der Waals surface area contributed by atoms with Gasteiger partial charge in [-0.15, -0.1) is 0 Å². The molecule has 1 aromatic rings. The number of hydrogen-bond donors (Lipinski definition) is 1. The third-order valence-electron chi connectivity index (χ3n) is 3.22. The molecule has 0 bridgehead atoms. The van der Waals surface area contributed by atoms with Crippen LogP contribution in [0.5, 0.6) is 0 Å². The summed E-state index contributed by atoms with van der Waals surface area (Å²) in [5, 5.41) is 0. The highest BCUT2D eigenvalue weighted by Crippen LogP contribution is 2.32. The van der Waals surface area contributed by atoms with Crippen LogP contribution in [-0.2, 0) is 9.84 Å². The molecule has 1 aliphatic rings. The minimum absolute atomic E-state index is 0.139. The van der Waals surface area contributed by atoms with Gasteiger partial charge < -0.3 is 5.73 Å². The summed E-state index contributed by atoms with van der Waals surface area (Å²) in [6.45, 7) is 0.490. The van der Waals surface area contributed by atoms with Crippen LogP contribution < -0.4 is 5.73 Å². The van der Waals surface area contributed by atoms with Gasteiger partial charge in [-0.25, -0.2) is 8.42 Å². The highest BCUT2D eigenvalue weighted by Gasteiger charge is 2.33. The van der Waals surface area contributed by atoms with Crippen LogP contribution >= 0.6 is 0 Å². The van der Waals surface area contributed by atoms with E-state index in [9.17, 15) is 8.42 Å². The molecule has 0 aromatic carbocycles. The van der Waals surface area contributed by atoms with E-state index in [1.54, 1.807) is 12.4 Å². The van der Waals surface area contributed by atoms with Crippen molar-refractivity contribution in [1.29, 1.82) is 0 Å². The van der Waals surface area contributed by atoms with E-state index < -0.39 is 9.84 Å². The molecule has 1 saturated heterocycles. The molecule has 2 unspecified atom stereocenters. The molecule has 0 radical (unpaired) electrons. The molecule has 2 rings (SSSR count). The molecule has 2 heterocycles. The van der Waals surface area contributed by atoms with Gasteiger partial charge in [-0.05, 0) is 36.6 Å². The number of sulfone groups is 1. The SMILES string of the molecule is NCC(c1ccncc1)C1CCS(=O)(=O)C1. The highest BCUT2D eigenvalue weighted by molar-refractivity contribution is 7.91. The van der Waals surface area contributed by atoms with Crippen molar-refractivity contribution in [3.05, 3.63) is 30.1 Å². The third kappa shape index (κ3) is 2.41. The summed E-state index contributed by atoms with van der Waals surface area (Å²) in [6, 6.07) is 3.84. The average molecular weight is 240 g/mol. The van der Waals surface area contributed by atoms with Gasteiger partial charge in [-0.3, -0.25) is 4.98 Å². The van der Waals surface area contributed by atoms with Crippen LogP contribution in [0.2, 0.25) is 0 Å². The molecule has 5 heteroatoms. The van der Waals surface area contributed by atoms with Crippen LogP contribution in [0.3, 0.4) is 0 Å². The van der Waals surface area contributed by atoms with Crippen LogP contribution in [0.4, 0.5) is 0 Å². The van der Waals surface area contributed by atoms with Gasteiger partial charge in [0.2, 0.25) is 0 Å². The summed E-state index contributed by atoms with van der Waals surface area (Å²) in [6.07, 6.45) is 4.18. The summed E-state index contributed by atoms with van der Waals surface area (Å²) in [5.74, 6) is 0.883. The number of nitrogens with zero attached hydrogens (tertiary/aromatic N) is 1. The van der Waals surface area contributed by atoms with Crippen molar-refractivity contribution in [3.63, 3.8) is 0 Å². The highest BCUT2D eigenvalue weighted by atomic mass is 32.2. The van der Waals surface area contributed by atoms with Crippen molar-refractivity contribution >= 4 is 9.84 Å². The average Bonchev–Trinajstić information content (AvgIpc) is 2.62. The standard InChI is InChI=1S/C11H16N2O2S/c12-7-11(9-1-4-13-5-2-9)10-3-6-16(14,15)8-10/h1-2,4-5,10-11H,3,6-8,12H2. The van der Waals surface area contributed by atoms with E-state index in [1.807, 2.05) is 12.1 Å². The van der Waals surface area contributed by atoms with Crippen LogP contribution in [0.1, 0.15) is 17.9 Å². The molecule has 1 fully saturated rings. The zero-order valence-corrected chi connectivity index (χ0v) is 9.86. The Morgan fingerprint density at radius 2 is 2.12 bits per heavy atom. The van der Waals surface area contributed by atoms with E-state index in [0.29, 0.717) is 12.3 Å². The Hall–Kier alpha value is -0.940. The monoisotopic (exact) mass is 240 g/mol. The lowest BCUT2D eigenvalue weighted by Crippen LogP contribution is -2.22. The maximum Gasteiger partial charge on any atom is 0.150 e. The van der Waals surface area contributed by atoms with Crippen molar-refractivity contribution in [3.8, 4) is 0 Å². The summed E-state index contributed by atoms with van der Waals surface area (Å²) < 4.78 is 22.9. The van der Waals surface area contributed by atoms with E-state index >= 15 is 0 Å². The largest absolute Gasteiger partial charge is 0.330 e. The van der Waals surface area contributed by atoms with Crippen LogP contribution in [-0.4, -0.2) is 31.5 Å². The lowest BCUT2D eigenvalue weighted by Gasteiger charge is -2.20. The second kappa shape index (κ2) is 4.51. The molecule has 16 heavy (non-hydrogen) atoms. The maximum absolute atomic E-state index is 11.4. The Balaban J connectivity index is 2.19.